The van der Waals surface area contributed by atoms with E-state index in [2.05, 4.69) is 5.32 Å². The van der Waals surface area contributed by atoms with Gasteiger partial charge in [-0.1, -0.05) is 12.1 Å². The highest BCUT2D eigenvalue weighted by molar-refractivity contribution is 5.96. The summed E-state index contributed by atoms with van der Waals surface area (Å²) in [5.41, 5.74) is 5.90. The molecule has 4 N–H and O–H groups in total. The number of nitrogens with one attached hydrogen (secondary N) is 1. The molecular weight excluding hydrogens is 204 g/mol. The van der Waals surface area contributed by atoms with Crippen LogP contribution in [0.5, 0.6) is 5.75 Å². The van der Waals surface area contributed by atoms with Crippen LogP contribution in [0.3, 0.4) is 0 Å². The van der Waals surface area contributed by atoms with E-state index in [1.54, 1.807) is 18.2 Å². The fourth-order valence-corrected chi connectivity index (χ4v) is 1.39. The van der Waals surface area contributed by atoms with Crippen LogP contribution in [0.4, 0.5) is 0 Å². The first-order valence-corrected chi connectivity index (χ1v) is 5.43. The highest BCUT2D eigenvalue weighted by atomic mass is 16.3. The Morgan fingerprint density at radius 2 is 2.19 bits per heavy atom. The summed E-state index contributed by atoms with van der Waals surface area (Å²) in [5, 5.41) is 12.2. The van der Waals surface area contributed by atoms with Gasteiger partial charge in [-0.3, -0.25) is 4.79 Å². The average molecular weight is 222 g/mol. The van der Waals surface area contributed by atoms with Crippen molar-refractivity contribution in [1.29, 1.82) is 0 Å². The molecule has 16 heavy (non-hydrogen) atoms. The number of phenols is 1. The summed E-state index contributed by atoms with van der Waals surface area (Å²) < 4.78 is 0. The van der Waals surface area contributed by atoms with Gasteiger partial charge in [0.1, 0.15) is 5.75 Å². The maximum Gasteiger partial charge on any atom is 0.255 e. The first-order valence-electron chi connectivity index (χ1n) is 5.43. The van der Waals surface area contributed by atoms with E-state index in [4.69, 9.17) is 5.73 Å². The molecule has 1 atom stereocenters. The molecule has 0 saturated heterocycles. The van der Waals surface area contributed by atoms with Gasteiger partial charge in [-0.25, -0.2) is 0 Å². The summed E-state index contributed by atoms with van der Waals surface area (Å²) >= 11 is 0. The number of rotatable bonds is 5. The summed E-state index contributed by atoms with van der Waals surface area (Å²) in [7, 11) is 0. The van der Waals surface area contributed by atoms with Crippen LogP contribution in [0.15, 0.2) is 24.3 Å². The van der Waals surface area contributed by atoms with Gasteiger partial charge in [0, 0.05) is 12.6 Å². The SMILES string of the molecule is CC(N)CCCNC(=O)c1ccccc1O. The van der Waals surface area contributed by atoms with Gasteiger partial charge in [0.2, 0.25) is 0 Å². The predicted molar refractivity (Wildman–Crippen MR) is 63.3 cm³/mol. The zero-order valence-electron chi connectivity index (χ0n) is 9.44. The van der Waals surface area contributed by atoms with E-state index < -0.39 is 0 Å². The van der Waals surface area contributed by atoms with Crippen LogP contribution < -0.4 is 11.1 Å². The van der Waals surface area contributed by atoms with E-state index >= 15 is 0 Å². The molecule has 0 aromatic heterocycles. The first kappa shape index (κ1) is 12.5. The Kier molecular flexibility index (Phi) is 4.79. The summed E-state index contributed by atoms with van der Waals surface area (Å²) in [5.74, 6) is -0.241. The molecule has 4 heteroatoms. The first-order chi connectivity index (χ1) is 7.61. The molecule has 1 unspecified atom stereocenters. The lowest BCUT2D eigenvalue weighted by Gasteiger charge is -2.07. The largest absolute Gasteiger partial charge is 0.507 e. The summed E-state index contributed by atoms with van der Waals surface area (Å²) in [6.45, 7) is 2.51. The fourth-order valence-electron chi connectivity index (χ4n) is 1.39. The number of amides is 1. The van der Waals surface area contributed by atoms with Crippen LogP contribution in [0.2, 0.25) is 0 Å². The van der Waals surface area contributed by atoms with Crippen molar-refractivity contribution in [2.45, 2.75) is 25.8 Å². The molecule has 0 saturated carbocycles. The second-order valence-electron chi connectivity index (χ2n) is 3.89. The number of carbonyl (C=O) groups is 1. The van der Waals surface area contributed by atoms with Crippen molar-refractivity contribution < 1.29 is 9.90 Å². The number of phenolic OH excluding ortho intramolecular Hbond substituents is 1. The summed E-state index contributed by atoms with van der Waals surface area (Å²) in [4.78, 5) is 11.6. The Morgan fingerprint density at radius 1 is 1.50 bits per heavy atom. The molecule has 0 bridgehead atoms. The van der Waals surface area contributed by atoms with Gasteiger partial charge < -0.3 is 16.2 Å². The highest BCUT2D eigenvalue weighted by Gasteiger charge is 2.08. The second kappa shape index (κ2) is 6.12. The maximum absolute atomic E-state index is 11.6. The Hall–Kier alpha value is -1.55. The van der Waals surface area contributed by atoms with Gasteiger partial charge in [-0.15, -0.1) is 0 Å². The van der Waals surface area contributed by atoms with Gasteiger partial charge in [0.05, 0.1) is 5.56 Å². The highest BCUT2D eigenvalue weighted by Crippen LogP contribution is 2.14. The zero-order valence-corrected chi connectivity index (χ0v) is 9.44. The van der Waals surface area contributed by atoms with Crippen molar-refractivity contribution in [3.05, 3.63) is 29.8 Å². The molecule has 0 aliphatic heterocycles. The molecule has 0 aliphatic carbocycles. The molecule has 4 nitrogen and oxygen atoms in total. The predicted octanol–water partition coefficient (Wildman–Crippen LogP) is 1.25. The molecule has 0 heterocycles. The van der Waals surface area contributed by atoms with Crippen molar-refractivity contribution in [3.63, 3.8) is 0 Å². The van der Waals surface area contributed by atoms with Crippen LogP contribution in [-0.2, 0) is 0 Å². The third-order valence-electron chi connectivity index (χ3n) is 2.27. The summed E-state index contributed by atoms with van der Waals surface area (Å²) in [6.07, 6.45) is 1.72. The molecule has 1 rings (SSSR count). The standard InChI is InChI=1S/C12H18N2O2/c1-9(13)5-4-8-14-12(16)10-6-2-3-7-11(10)15/h2-3,6-7,9,15H,4-5,8,13H2,1H3,(H,14,16). The lowest BCUT2D eigenvalue weighted by molar-refractivity contribution is 0.0950. The number of aromatic hydroxyl groups is 1. The van der Waals surface area contributed by atoms with E-state index in [0.717, 1.165) is 12.8 Å². The third-order valence-corrected chi connectivity index (χ3v) is 2.27. The lowest BCUT2D eigenvalue weighted by Crippen LogP contribution is -2.26. The summed E-state index contributed by atoms with van der Waals surface area (Å²) in [6, 6.07) is 6.65. The van der Waals surface area contributed by atoms with E-state index in [1.807, 2.05) is 6.92 Å². The Morgan fingerprint density at radius 3 is 2.81 bits per heavy atom. The Balaban J connectivity index is 2.39. The molecule has 1 aromatic carbocycles. The number of carbonyl (C=O) groups excluding carboxylic acids is 1. The molecule has 0 fully saturated rings. The second-order valence-corrected chi connectivity index (χ2v) is 3.89. The van der Waals surface area contributed by atoms with Crippen molar-refractivity contribution in [2.24, 2.45) is 5.73 Å². The van der Waals surface area contributed by atoms with Gasteiger partial charge >= 0.3 is 0 Å². The van der Waals surface area contributed by atoms with Crippen LogP contribution in [0.1, 0.15) is 30.1 Å². The quantitative estimate of drug-likeness (QED) is 0.656. The minimum atomic E-state index is -0.247. The van der Waals surface area contributed by atoms with E-state index in [-0.39, 0.29) is 17.7 Å². The van der Waals surface area contributed by atoms with E-state index in [1.165, 1.54) is 6.07 Å². The minimum absolute atomic E-state index is 0.00666. The molecule has 1 amide bonds. The molecule has 88 valence electrons. The third kappa shape index (κ3) is 3.90. The van der Waals surface area contributed by atoms with E-state index in [0.29, 0.717) is 12.1 Å². The number of hydrogen-bond donors (Lipinski definition) is 3. The fraction of sp³-hybridized carbons (Fsp3) is 0.417. The number of para-hydroxylation sites is 1. The number of benzene rings is 1. The van der Waals surface area contributed by atoms with Crippen molar-refractivity contribution in [3.8, 4) is 5.75 Å². The van der Waals surface area contributed by atoms with Crippen LogP contribution in [0, 0.1) is 0 Å². The smallest absolute Gasteiger partial charge is 0.255 e. The normalized spacial score (nSPS) is 12.1. The Labute approximate surface area is 95.5 Å². The molecule has 0 radical (unpaired) electrons. The van der Waals surface area contributed by atoms with Crippen LogP contribution >= 0.6 is 0 Å². The van der Waals surface area contributed by atoms with Crippen molar-refractivity contribution in [1.82, 2.24) is 5.32 Å². The van der Waals surface area contributed by atoms with Crippen LogP contribution in [0.25, 0.3) is 0 Å². The van der Waals surface area contributed by atoms with Gasteiger partial charge in [-0.2, -0.15) is 0 Å². The lowest BCUT2D eigenvalue weighted by atomic mass is 10.1. The van der Waals surface area contributed by atoms with Gasteiger partial charge in [0.25, 0.3) is 5.91 Å². The van der Waals surface area contributed by atoms with Gasteiger partial charge in [0.15, 0.2) is 0 Å². The number of hydrogen-bond acceptors (Lipinski definition) is 3. The Bertz CT molecular complexity index is 351. The van der Waals surface area contributed by atoms with Crippen molar-refractivity contribution >= 4 is 5.91 Å². The van der Waals surface area contributed by atoms with Crippen LogP contribution in [-0.4, -0.2) is 23.6 Å². The molecular formula is C12H18N2O2. The molecule has 0 spiro atoms. The monoisotopic (exact) mass is 222 g/mol. The number of nitrogens with two attached hydrogens (primary N) is 1. The minimum Gasteiger partial charge on any atom is -0.507 e. The molecule has 1 aromatic rings. The maximum atomic E-state index is 11.6. The van der Waals surface area contributed by atoms with Crippen molar-refractivity contribution in [2.75, 3.05) is 6.54 Å². The average Bonchev–Trinajstić information content (AvgIpc) is 2.24. The topological polar surface area (TPSA) is 75.3 Å². The van der Waals surface area contributed by atoms with Gasteiger partial charge in [-0.05, 0) is 31.9 Å². The molecule has 0 aliphatic rings. The zero-order chi connectivity index (χ0) is 12.0. The van der Waals surface area contributed by atoms with E-state index in [9.17, 15) is 9.90 Å².